The second-order valence-electron chi connectivity index (χ2n) is 10.2. The fourth-order valence-corrected chi connectivity index (χ4v) is 5.39. The highest BCUT2D eigenvalue weighted by molar-refractivity contribution is 5.94. The Bertz CT molecular complexity index is 1600. The van der Waals surface area contributed by atoms with E-state index in [1.54, 1.807) is 34.9 Å². The molecule has 10 nitrogen and oxygen atoms in total. The minimum Gasteiger partial charge on any atom is -0.367 e. The van der Waals surface area contributed by atoms with Crippen LogP contribution < -0.4 is 15.8 Å². The number of aliphatic hydroxyl groups is 1. The predicted octanol–water partition coefficient (Wildman–Crippen LogP) is 2.03. The Balaban J connectivity index is 1.23. The highest BCUT2D eigenvalue weighted by Crippen LogP contribution is 2.25. The Labute approximate surface area is 231 Å². The number of aryl methyl sites for hydroxylation is 1. The third-order valence-electron chi connectivity index (χ3n) is 7.58. The van der Waals surface area contributed by atoms with Gasteiger partial charge in [-0.15, -0.1) is 0 Å². The number of ether oxygens (including phenoxy) is 1. The number of β-amino-alcohol motifs (C(OH)–C–C–N with tert-alkyl or cyclic N) is 1. The molecule has 206 valence electrons. The maximum Gasteiger partial charge on any atom is 0.256 e. The number of carbonyl (C=O) groups is 1. The number of anilines is 1. The van der Waals surface area contributed by atoms with Gasteiger partial charge in [0, 0.05) is 56.3 Å². The minimum absolute atomic E-state index is 0.198. The monoisotopic (exact) mass is 540 g/mol. The van der Waals surface area contributed by atoms with Gasteiger partial charge < -0.3 is 20.1 Å². The first-order valence-electron chi connectivity index (χ1n) is 13.6. The van der Waals surface area contributed by atoms with Crippen molar-refractivity contribution in [3.05, 3.63) is 93.4 Å². The first-order valence-corrected chi connectivity index (χ1v) is 13.6. The number of nitrogens with one attached hydrogen (secondary N) is 1. The molecule has 0 spiro atoms. The molecule has 4 aromatic rings. The summed E-state index contributed by atoms with van der Waals surface area (Å²) >= 11 is 0. The molecule has 6 rings (SSSR count). The van der Waals surface area contributed by atoms with Gasteiger partial charge in [-0.05, 0) is 54.8 Å². The zero-order valence-corrected chi connectivity index (χ0v) is 22.4. The highest BCUT2D eigenvalue weighted by atomic mass is 16.6. The van der Waals surface area contributed by atoms with Crippen molar-refractivity contribution in [2.24, 2.45) is 0 Å². The van der Waals surface area contributed by atoms with Crippen LogP contribution in [0.25, 0.3) is 16.7 Å². The normalized spacial score (nSPS) is 17.6. The van der Waals surface area contributed by atoms with E-state index in [2.05, 4.69) is 28.4 Å². The van der Waals surface area contributed by atoms with E-state index in [9.17, 15) is 14.7 Å². The molecular formula is C30H32N6O4. The summed E-state index contributed by atoms with van der Waals surface area (Å²) in [5.74, 6) is 0.402. The summed E-state index contributed by atoms with van der Waals surface area (Å²) in [5.41, 5.74) is 4.87. The number of hydrogen-bond donors (Lipinski definition) is 2. The lowest BCUT2D eigenvalue weighted by atomic mass is 10.0. The lowest BCUT2D eigenvalue weighted by Crippen LogP contribution is -2.45. The number of hydrogen-bond acceptors (Lipinski definition) is 8. The van der Waals surface area contributed by atoms with E-state index in [0.29, 0.717) is 55.6 Å². The topological polar surface area (TPSA) is 113 Å². The molecule has 0 aliphatic carbocycles. The molecule has 1 saturated heterocycles. The number of nitrogens with zero attached hydrogens (tertiary/aromatic N) is 5. The number of amides is 1. The third-order valence-corrected chi connectivity index (χ3v) is 7.58. The molecular weight excluding hydrogens is 508 g/mol. The van der Waals surface area contributed by atoms with Crippen LogP contribution in [0, 0.1) is 6.92 Å². The summed E-state index contributed by atoms with van der Waals surface area (Å²) in [4.78, 5) is 39.7. The molecule has 2 aromatic heterocycles. The Hall–Kier alpha value is -4.12. The molecule has 1 fully saturated rings. The van der Waals surface area contributed by atoms with Gasteiger partial charge >= 0.3 is 0 Å². The van der Waals surface area contributed by atoms with Crippen molar-refractivity contribution in [2.75, 3.05) is 44.2 Å². The summed E-state index contributed by atoms with van der Waals surface area (Å²) < 4.78 is 6.72. The first-order chi connectivity index (χ1) is 19.5. The summed E-state index contributed by atoms with van der Waals surface area (Å²) in [5, 5.41) is 13.3. The summed E-state index contributed by atoms with van der Waals surface area (Å²) in [6.45, 7) is 6.16. The molecule has 2 aliphatic heterocycles. The zero-order valence-electron chi connectivity index (χ0n) is 22.4. The second-order valence-corrected chi connectivity index (χ2v) is 10.2. The van der Waals surface area contributed by atoms with Gasteiger partial charge in [-0.25, -0.2) is 4.98 Å². The lowest BCUT2D eigenvalue weighted by Gasteiger charge is -2.29. The number of pyridine rings is 1. The Morgan fingerprint density at radius 2 is 1.85 bits per heavy atom. The summed E-state index contributed by atoms with van der Waals surface area (Å²) in [6.07, 6.45) is 0.132. The molecule has 0 saturated carbocycles. The van der Waals surface area contributed by atoms with Crippen molar-refractivity contribution in [3.8, 4) is 5.69 Å². The van der Waals surface area contributed by atoms with Crippen molar-refractivity contribution < 1.29 is 14.6 Å². The molecule has 1 atom stereocenters. The van der Waals surface area contributed by atoms with E-state index in [0.717, 1.165) is 30.6 Å². The molecule has 4 heterocycles. The number of benzene rings is 2. The van der Waals surface area contributed by atoms with Crippen LogP contribution in [-0.4, -0.2) is 76.1 Å². The molecule has 2 aromatic carbocycles. The van der Waals surface area contributed by atoms with Gasteiger partial charge in [0.1, 0.15) is 0 Å². The van der Waals surface area contributed by atoms with Crippen molar-refractivity contribution in [3.63, 3.8) is 0 Å². The van der Waals surface area contributed by atoms with Crippen LogP contribution in [0.5, 0.6) is 0 Å². The van der Waals surface area contributed by atoms with Crippen LogP contribution >= 0.6 is 0 Å². The van der Waals surface area contributed by atoms with E-state index in [1.165, 1.54) is 17.2 Å². The van der Waals surface area contributed by atoms with Gasteiger partial charge in [-0.3, -0.25) is 19.1 Å². The van der Waals surface area contributed by atoms with E-state index in [1.807, 2.05) is 17.9 Å². The maximum atomic E-state index is 13.1. The Kier molecular flexibility index (Phi) is 7.29. The highest BCUT2D eigenvalue weighted by Gasteiger charge is 2.21. The van der Waals surface area contributed by atoms with Crippen LogP contribution in [0.3, 0.4) is 0 Å². The molecule has 0 bridgehead atoms. The summed E-state index contributed by atoms with van der Waals surface area (Å²) in [7, 11) is 0. The van der Waals surface area contributed by atoms with E-state index in [-0.39, 0.29) is 11.5 Å². The number of carbonyl (C=O) groups excluding carboxylic acids is 1. The zero-order chi connectivity index (χ0) is 27.6. The molecule has 2 aliphatic rings. The standard InChI is InChI=1S/C30H32N6O4/c1-20-25-10-11-26(37)36(28(25)33-30(32-20)35-14-12-21-4-2-3-5-23(21)18-35)24-8-6-22(7-9-24)29(39)31-13-15-34-16-17-40-27(38)19-34/h2-11,27,38H,12-19H2,1H3,(H,31,39). The number of aliphatic hydroxyl groups excluding tert-OH is 1. The average Bonchev–Trinajstić information content (AvgIpc) is 2.97. The van der Waals surface area contributed by atoms with Crippen LogP contribution in [0.15, 0.2) is 65.5 Å². The van der Waals surface area contributed by atoms with Crippen LogP contribution in [0.1, 0.15) is 27.2 Å². The molecule has 1 amide bonds. The number of fused-ring (bicyclic) bond motifs is 2. The van der Waals surface area contributed by atoms with Crippen LogP contribution in [0.2, 0.25) is 0 Å². The van der Waals surface area contributed by atoms with Crippen molar-refractivity contribution >= 4 is 22.9 Å². The van der Waals surface area contributed by atoms with Gasteiger partial charge in [-0.1, -0.05) is 24.3 Å². The maximum absolute atomic E-state index is 13.1. The van der Waals surface area contributed by atoms with Crippen molar-refractivity contribution in [1.29, 1.82) is 0 Å². The first kappa shape index (κ1) is 26.1. The van der Waals surface area contributed by atoms with E-state index >= 15 is 0 Å². The molecule has 10 heteroatoms. The fourth-order valence-electron chi connectivity index (χ4n) is 5.39. The van der Waals surface area contributed by atoms with Crippen LogP contribution in [0.4, 0.5) is 5.95 Å². The lowest BCUT2D eigenvalue weighted by molar-refractivity contribution is -0.145. The Morgan fingerprint density at radius 1 is 1.05 bits per heavy atom. The van der Waals surface area contributed by atoms with Gasteiger partial charge in [0.2, 0.25) is 5.95 Å². The largest absolute Gasteiger partial charge is 0.367 e. The molecule has 0 radical (unpaired) electrons. The fraction of sp³-hybridized carbons (Fsp3) is 0.333. The van der Waals surface area contributed by atoms with Gasteiger partial charge in [0.05, 0.1) is 18.0 Å². The van der Waals surface area contributed by atoms with Crippen molar-refractivity contribution in [2.45, 2.75) is 26.2 Å². The van der Waals surface area contributed by atoms with Crippen LogP contribution in [-0.2, 0) is 17.7 Å². The van der Waals surface area contributed by atoms with E-state index < -0.39 is 6.29 Å². The predicted molar refractivity (Wildman–Crippen MR) is 152 cm³/mol. The van der Waals surface area contributed by atoms with Crippen molar-refractivity contribution in [1.82, 2.24) is 24.8 Å². The molecule has 1 unspecified atom stereocenters. The number of rotatable bonds is 6. The van der Waals surface area contributed by atoms with Gasteiger partial charge in [-0.2, -0.15) is 4.98 Å². The summed E-state index contributed by atoms with van der Waals surface area (Å²) in [6, 6.07) is 18.7. The van der Waals surface area contributed by atoms with Gasteiger partial charge in [0.25, 0.3) is 11.5 Å². The minimum atomic E-state index is -0.781. The smallest absolute Gasteiger partial charge is 0.256 e. The molecule has 40 heavy (non-hydrogen) atoms. The second kappa shape index (κ2) is 11.2. The average molecular weight is 541 g/mol. The number of morpholine rings is 1. The molecule has 2 N–H and O–H groups in total. The SMILES string of the molecule is Cc1nc(N2CCc3ccccc3C2)nc2c1ccc(=O)n2-c1ccc(C(=O)NCCN2CCOC(O)C2)cc1. The van der Waals surface area contributed by atoms with E-state index in [4.69, 9.17) is 14.7 Å². The quantitative estimate of drug-likeness (QED) is 0.382. The van der Waals surface area contributed by atoms with Gasteiger partial charge in [0.15, 0.2) is 11.9 Å². The number of aromatic nitrogens is 3. The Morgan fingerprint density at radius 3 is 2.65 bits per heavy atom. The third kappa shape index (κ3) is 5.33.